The predicted molar refractivity (Wildman–Crippen MR) is 125 cm³/mol. The van der Waals surface area contributed by atoms with Gasteiger partial charge < -0.3 is 9.47 Å². The number of ether oxygens (including phenoxy) is 2. The summed E-state index contributed by atoms with van der Waals surface area (Å²) in [7, 11) is -2.71. The van der Waals surface area contributed by atoms with Gasteiger partial charge in [-0.25, -0.2) is 17.1 Å². The third kappa shape index (κ3) is 6.10. The van der Waals surface area contributed by atoms with Gasteiger partial charge in [-0.1, -0.05) is 55.5 Å². The van der Waals surface area contributed by atoms with E-state index in [1.54, 1.807) is 31.2 Å². The molecule has 0 aromatic heterocycles. The van der Waals surface area contributed by atoms with Gasteiger partial charge in [-0.15, -0.1) is 0 Å². The van der Waals surface area contributed by atoms with Gasteiger partial charge in [0.2, 0.25) is 15.9 Å². The number of benzene rings is 3. The first-order valence-corrected chi connectivity index (χ1v) is 12.1. The van der Waals surface area contributed by atoms with Gasteiger partial charge in [0.15, 0.2) is 11.6 Å². The molecule has 0 aliphatic carbocycles. The van der Waals surface area contributed by atoms with Crippen molar-refractivity contribution >= 4 is 21.6 Å². The van der Waals surface area contributed by atoms with Gasteiger partial charge in [0, 0.05) is 11.6 Å². The second-order valence-corrected chi connectivity index (χ2v) is 9.29. The molecule has 33 heavy (non-hydrogen) atoms. The maximum atomic E-state index is 14.3. The smallest absolute Gasteiger partial charge is 0.245 e. The zero-order valence-electron chi connectivity index (χ0n) is 18.5. The average molecular weight is 472 g/mol. The van der Waals surface area contributed by atoms with Crippen LogP contribution in [-0.4, -0.2) is 27.2 Å². The fraction of sp³-hybridized carbons (Fsp3) is 0.240. The molecular weight excluding hydrogens is 445 g/mol. The molecule has 0 fully saturated rings. The van der Waals surface area contributed by atoms with Crippen LogP contribution in [0.1, 0.15) is 24.5 Å². The summed E-state index contributed by atoms with van der Waals surface area (Å²) in [6, 6.07) is 20.1. The average Bonchev–Trinajstić information content (AvgIpc) is 2.79. The van der Waals surface area contributed by atoms with Crippen LogP contribution in [0.25, 0.3) is 0 Å². The molecule has 8 heteroatoms. The number of hydrogen-bond donors (Lipinski definition) is 0. The molecule has 0 saturated carbocycles. The van der Waals surface area contributed by atoms with Crippen molar-refractivity contribution in [2.24, 2.45) is 0 Å². The molecule has 0 saturated heterocycles. The number of rotatable bonds is 10. The van der Waals surface area contributed by atoms with Gasteiger partial charge in [0.05, 0.1) is 25.0 Å². The number of carbonyl (C=O) groups is 1. The second kappa shape index (κ2) is 11.0. The van der Waals surface area contributed by atoms with E-state index in [0.717, 1.165) is 11.6 Å². The standard InChI is InChI=1S/C25H26FNO5S/c1-3-15-33(29,30)27(21-13-14-24(31-2)22(26)17-21)25(28)16-20-11-7-8-12-23(20)32-18-19-9-5-4-6-10-19/h4-14,17H,3,15-16,18H2,1-2H3. The predicted octanol–water partition coefficient (Wildman–Crippen LogP) is 4.73. The topological polar surface area (TPSA) is 72.9 Å². The second-order valence-electron chi connectivity index (χ2n) is 7.35. The molecule has 0 unspecified atom stereocenters. The van der Waals surface area contributed by atoms with Crippen molar-refractivity contribution in [3.63, 3.8) is 0 Å². The number of halogens is 1. The van der Waals surface area contributed by atoms with Gasteiger partial charge in [-0.2, -0.15) is 0 Å². The molecule has 0 heterocycles. The maximum Gasteiger partial charge on any atom is 0.245 e. The Morgan fingerprint density at radius 2 is 1.67 bits per heavy atom. The van der Waals surface area contributed by atoms with Crippen LogP contribution in [0.2, 0.25) is 0 Å². The molecule has 0 aliphatic rings. The first-order valence-electron chi connectivity index (χ1n) is 10.5. The minimum atomic E-state index is -4.01. The van der Waals surface area contributed by atoms with E-state index in [9.17, 15) is 17.6 Å². The molecule has 3 aromatic rings. The van der Waals surface area contributed by atoms with E-state index in [-0.39, 0.29) is 23.6 Å². The van der Waals surface area contributed by atoms with Crippen LogP contribution in [0.3, 0.4) is 0 Å². The summed E-state index contributed by atoms with van der Waals surface area (Å²) in [6.45, 7) is 2.00. The number of sulfonamides is 1. The summed E-state index contributed by atoms with van der Waals surface area (Å²) in [4.78, 5) is 13.3. The Kier molecular flexibility index (Phi) is 8.06. The van der Waals surface area contributed by atoms with Crippen molar-refractivity contribution in [2.45, 2.75) is 26.4 Å². The summed E-state index contributed by atoms with van der Waals surface area (Å²) < 4.78 is 51.7. The fourth-order valence-electron chi connectivity index (χ4n) is 3.35. The molecule has 0 N–H and O–H groups in total. The van der Waals surface area contributed by atoms with E-state index >= 15 is 0 Å². The molecule has 0 spiro atoms. The van der Waals surface area contributed by atoms with Crippen LogP contribution in [0, 0.1) is 5.82 Å². The lowest BCUT2D eigenvalue weighted by Crippen LogP contribution is -2.39. The molecule has 1 amide bonds. The summed E-state index contributed by atoms with van der Waals surface area (Å²) in [5.41, 5.74) is 1.41. The summed E-state index contributed by atoms with van der Waals surface area (Å²) in [5.74, 6) is -1.28. The van der Waals surface area contributed by atoms with Crippen molar-refractivity contribution in [1.29, 1.82) is 0 Å². The van der Waals surface area contributed by atoms with Crippen molar-refractivity contribution in [3.8, 4) is 11.5 Å². The highest BCUT2D eigenvalue weighted by molar-refractivity contribution is 7.93. The van der Waals surface area contributed by atoms with Crippen molar-refractivity contribution < 1.29 is 27.1 Å². The summed E-state index contributed by atoms with van der Waals surface area (Å²) >= 11 is 0. The minimum Gasteiger partial charge on any atom is -0.494 e. The summed E-state index contributed by atoms with van der Waals surface area (Å²) in [6.07, 6.45) is 0.0725. The van der Waals surface area contributed by atoms with Crippen LogP contribution in [0.4, 0.5) is 10.1 Å². The van der Waals surface area contributed by atoms with E-state index in [1.165, 1.54) is 19.2 Å². The Hall–Kier alpha value is -3.39. The number of para-hydroxylation sites is 1. The first kappa shape index (κ1) is 24.3. The quantitative estimate of drug-likeness (QED) is 0.428. The van der Waals surface area contributed by atoms with Gasteiger partial charge >= 0.3 is 0 Å². The molecule has 174 valence electrons. The van der Waals surface area contributed by atoms with Crippen LogP contribution < -0.4 is 13.8 Å². The molecule has 0 aliphatic heterocycles. The lowest BCUT2D eigenvalue weighted by atomic mass is 10.1. The van der Waals surface area contributed by atoms with Crippen LogP contribution in [0.5, 0.6) is 11.5 Å². The number of nitrogens with zero attached hydrogens (tertiary/aromatic N) is 1. The van der Waals surface area contributed by atoms with Gasteiger partial charge in [-0.3, -0.25) is 4.79 Å². The molecule has 0 radical (unpaired) electrons. The maximum absolute atomic E-state index is 14.3. The molecular formula is C25H26FNO5S. The third-order valence-corrected chi connectivity index (χ3v) is 6.78. The minimum absolute atomic E-state index is 0.0429. The Balaban J connectivity index is 1.89. The van der Waals surface area contributed by atoms with Crippen LogP contribution in [-0.2, 0) is 27.8 Å². The zero-order valence-corrected chi connectivity index (χ0v) is 19.3. The molecule has 3 aromatic carbocycles. The van der Waals surface area contributed by atoms with Gasteiger partial charge in [0.1, 0.15) is 12.4 Å². The fourth-order valence-corrected chi connectivity index (χ4v) is 4.86. The van der Waals surface area contributed by atoms with Gasteiger partial charge in [0.25, 0.3) is 0 Å². The number of anilines is 1. The van der Waals surface area contributed by atoms with E-state index < -0.39 is 21.7 Å². The summed E-state index contributed by atoms with van der Waals surface area (Å²) in [5, 5.41) is 0. The van der Waals surface area contributed by atoms with E-state index in [1.807, 2.05) is 30.3 Å². The number of hydrogen-bond acceptors (Lipinski definition) is 5. The molecule has 3 rings (SSSR count). The van der Waals surface area contributed by atoms with E-state index in [0.29, 0.717) is 28.6 Å². The Morgan fingerprint density at radius 1 is 0.970 bits per heavy atom. The zero-order chi connectivity index (χ0) is 23.8. The lowest BCUT2D eigenvalue weighted by molar-refractivity contribution is -0.116. The van der Waals surface area contributed by atoms with E-state index in [2.05, 4.69) is 0 Å². The Morgan fingerprint density at radius 3 is 2.33 bits per heavy atom. The van der Waals surface area contributed by atoms with E-state index in [4.69, 9.17) is 9.47 Å². The Labute approximate surface area is 193 Å². The van der Waals surface area contributed by atoms with Gasteiger partial charge in [-0.05, 0) is 30.2 Å². The highest BCUT2D eigenvalue weighted by atomic mass is 32.2. The third-order valence-electron chi connectivity index (χ3n) is 4.89. The van der Waals surface area contributed by atoms with Crippen molar-refractivity contribution in [3.05, 3.63) is 89.7 Å². The molecule has 0 atom stereocenters. The number of methoxy groups -OCH3 is 1. The Bertz CT molecular complexity index is 1200. The SMILES string of the molecule is CCCS(=O)(=O)N(C(=O)Cc1ccccc1OCc1ccccc1)c1ccc(OC)c(F)c1. The normalized spacial score (nSPS) is 11.1. The van der Waals surface area contributed by atoms with Crippen LogP contribution in [0.15, 0.2) is 72.8 Å². The number of carbonyl (C=O) groups excluding carboxylic acids is 1. The molecule has 0 bridgehead atoms. The lowest BCUT2D eigenvalue weighted by Gasteiger charge is -2.23. The molecule has 6 nitrogen and oxygen atoms in total. The highest BCUT2D eigenvalue weighted by Gasteiger charge is 2.30. The highest BCUT2D eigenvalue weighted by Crippen LogP contribution is 2.28. The largest absolute Gasteiger partial charge is 0.494 e. The van der Waals surface area contributed by atoms with Crippen LogP contribution >= 0.6 is 0 Å². The van der Waals surface area contributed by atoms with Crippen molar-refractivity contribution in [1.82, 2.24) is 0 Å². The van der Waals surface area contributed by atoms with Crippen molar-refractivity contribution in [2.75, 3.05) is 17.2 Å². The monoisotopic (exact) mass is 471 g/mol. The first-order chi connectivity index (χ1) is 15.9. The number of amides is 1.